The lowest BCUT2D eigenvalue weighted by molar-refractivity contribution is -0.113. The van der Waals surface area contributed by atoms with Gasteiger partial charge in [-0.15, -0.1) is 10.2 Å². The molecule has 0 saturated heterocycles. The Labute approximate surface area is 199 Å². The van der Waals surface area contributed by atoms with Gasteiger partial charge in [-0.05, 0) is 31.2 Å². The van der Waals surface area contributed by atoms with E-state index in [4.69, 9.17) is 14.2 Å². The second kappa shape index (κ2) is 10.1. The third-order valence-electron chi connectivity index (χ3n) is 4.83. The van der Waals surface area contributed by atoms with Crippen molar-refractivity contribution in [3.8, 4) is 28.6 Å². The van der Waals surface area contributed by atoms with Crippen LogP contribution in [-0.4, -0.2) is 52.7 Å². The molecule has 2 aromatic carbocycles. The average Bonchev–Trinajstić information content (AvgIpc) is 3.44. The summed E-state index contributed by atoms with van der Waals surface area (Å²) >= 11 is 2.76. The van der Waals surface area contributed by atoms with Gasteiger partial charge in [0.2, 0.25) is 11.7 Å². The lowest BCUT2D eigenvalue weighted by Crippen LogP contribution is -2.14. The minimum atomic E-state index is -0.154. The summed E-state index contributed by atoms with van der Waals surface area (Å²) in [6.45, 7) is 2.62. The summed E-state index contributed by atoms with van der Waals surface area (Å²) in [7, 11) is 4.69. The number of anilines is 1. The number of thiazole rings is 1. The molecule has 1 amide bonds. The van der Waals surface area contributed by atoms with Gasteiger partial charge in [-0.3, -0.25) is 4.79 Å². The van der Waals surface area contributed by atoms with Crippen molar-refractivity contribution in [1.29, 1.82) is 0 Å². The van der Waals surface area contributed by atoms with Gasteiger partial charge in [0.05, 0.1) is 37.3 Å². The maximum absolute atomic E-state index is 12.5. The number of hydrogen-bond donors (Lipinski definition) is 1. The van der Waals surface area contributed by atoms with Crippen LogP contribution in [0.1, 0.15) is 6.92 Å². The molecule has 4 rings (SSSR count). The zero-order chi connectivity index (χ0) is 23.4. The predicted octanol–water partition coefficient (Wildman–Crippen LogP) is 4.33. The monoisotopic (exact) mass is 485 g/mol. The molecule has 2 aromatic heterocycles. The minimum absolute atomic E-state index is 0.154. The molecular weight excluding hydrogens is 462 g/mol. The van der Waals surface area contributed by atoms with Gasteiger partial charge in [-0.25, -0.2) is 4.98 Å². The van der Waals surface area contributed by atoms with Gasteiger partial charge >= 0.3 is 0 Å². The van der Waals surface area contributed by atoms with Crippen LogP contribution in [0.4, 0.5) is 5.13 Å². The second-order valence-electron chi connectivity index (χ2n) is 6.79. The number of hydrogen-bond acceptors (Lipinski definition) is 9. The fourth-order valence-corrected chi connectivity index (χ4v) is 5.00. The van der Waals surface area contributed by atoms with Crippen LogP contribution in [0.5, 0.6) is 17.2 Å². The van der Waals surface area contributed by atoms with Gasteiger partial charge in [-0.1, -0.05) is 35.2 Å². The van der Waals surface area contributed by atoms with E-state index in [1.807, 2.05) is 47.9 Å². The van der Waals surface area contributed by atoms with Crippen LogP contribution in [0.25, 0.3) is 21.6 Å². The number of benzene rings is 2. The van der Waals surface area contributed by atoms with Crippen LogP contribution in [0.3, 0.4) is 0 Å². The molecule has 9 nitrogen and oxygen atoms in total. The van der Waals surface area contributed by atoms with E-state index >= 15 is 0 Å². The van der Waals surface area contributed by atoms with Gasteiger partial charge in [-0.2, -0.15) is 0 Å². The zero-order valence-electron chi connectivity index (χ0n) is 18.6. The van der Waals surface area contributed by atoms with Crippen molar-refractivity contribution >= 4 is 44.4 Å². The van der Waals surface area contributed by atoms with Gasteiger partial charge in [0.25, 0.3) is 0 Å². The summed E-state index contributed by atoms with van der Waals surface area (Å²) in [6, 6.07) is 11.4. The Morgan fingerprint density at radius 2 is 1.82 bits per heavy atom. The number of amides is 1. The topological polar surface area (TPSA) is 100 Å². The fraction of sp³-hybridized carbons (Fsp3) is 0.273. The number of para-hydroxylation sites is 1. The summed E-state index contributed by atoms with van der Waals surface area (Å²) in [5, 5.41) is 12.7. The highest BCUT2D eigenvalue weighted by Gasteiger charge is 2.20. The molecule has 0 atom stereocenters. The highest BCUT2D eigenvalue weighted by molar-refractivity contribution is 7.99. The molecular formula is C22H23N5O4S2. The SMILES string of the molecule is CCn1c(SCC(=O)Nc2nc3ccccc3s2)nnc1-c1cc(OC)c(OC)c(OC)c1. The van der Waals surface area contributed by atoms with E-state index in [9.17, 15) is 4.79 Å². The van der Waals surface area contributed by atoms with Crippen molar-refractivity contribution < 1.29 is 19.0 Å². The van der Waals surface area contributed by atoms with Gasteiger partial charge < -0.3 is 24.1 Å². The number of carbonyl (C=O) groups excluding carboxylic acids is 1. The molecule has 0 fully saturated rings. The van der Waals surface area contributed by atoms with E-state index < -0.39 is 0 Å². The Bertz CT molecular complexity index is 1230. The van der Waals surface area contributed by atoms with Crippen molar-refractivity contribution in [3.63, 3.8) is 0 Å². The van der Waals surface area contributed by atoms with Crippen LogP contribution < -0.4 is 19.5 Å². The van der Waals surface area contributed by atoms with Crippen LogP contribution in [0.2, 0.25) is 0 Å². The Morgan fingerprint density at radius 1 is 1.09 bits per heavy atom. The molecule has 172 valence electrons. The number of methoxy groups -OCH3 is 3. The highest BCUT2D eigenvalue weighted by Crippen LogP contribution is 2.41. The largest absolute Gasteiger partial charge is 0.493 e. The molecule has 0 unspecified atom stereocenters. The summed E-state index contributed by atoms with van der Waals surface area (Å²) in [5.41, 5.74) is 1.63. The van der Waals surface area contributed by atoms with Crippen LogP contribution in [0.15, 0.2) is 41.6 Å². The first kappa shape index (κ1) is 22.9. The average molecular weight is 486 g/mol. The molecule has 0 aliphatic heterocycles. The number of thioether (sulfide) groups is 1. The second-order valence-corrected chi connectivity index (χ2v) is 8.76. The zero-order valence-corrected chi connectivity index (χ0v) is 20.2. The standard InChI is InChI=1S/C22H23N5O4S2/c1-5-27-20(13-10-15(29-2)19(31-4)16(11-13)30-3)25-26-22(27)32-12-18(28)24-21-23-14-8-6-7-9-17(14)33-21/h6-11H,5,12H2,1-4H3,(H,23,24,28). The molecule has 0 bridgehead atoms. The van der Waals surface area contributed by atoms with Crippen LogP contribution in [0, 0.1) is 0 Å². The lowest BCUT2D eigenvalue weighted by atomic mass is 10.1. The minimum Gasteiger partial charge on any atom is -0.493 e. The van der Waals surface area contributed by atoms with Crippen molar-refractivity contribution in [3.05, 3.63) is 36.4 Å². The fourth-order valence-electron chi connectivity index (χ4n) is 3.32. The molecule has 2 heterocycles. The number of nitrogens with zero attached hydrogens (tertiary/aromatic N) is 4. The van der Waals surface area contributed by atoms with Crippen molar-refractivity contribution in [2.75, 3.05) is 32.4 Å². The maximum atomic E-state index is 12.5. The maximum Gasteiger partial charge on any atom is 0.236 e. The number of nitrogens with one attached hydrogen (secondary N) is 1. The van der Waals surface area contributed by atoms with Crippen LogP contribution >= 0.6 is 23.1 Å². The predicted molar refractivity (Wildman–Crippen MR) is 130 cm³/mol. The first-order valence-electron chi connectivity index (χ1n) is 10.1. The van der Waals surface area contributed by atoms with Gasteiger partial charge in [0.1, 0.15) is 0 Å². The molecule has 1 N–H and O–H groups in total. The third kappa shape index (κ3) is 4.74. The quantitative estimate of drug-likeness (QED) is 0.350. The lowest BCUT2D eigenvalue weighted by Gasteiger charge is -2.14. The van der Waals surface area contributed by atoms with Gasteiger partial charge in [0, 0.05) is 12.1 Å². The van der Waals surface area contributed by atoms with Gasteiger partial charge in [0.15, 0.2) is 27.6 Å². The number of carbonyl (C=O) groups is 1. The molecule has 0 radical (unpaired) electrons. The van der Waals surface area contributed by atoms with Crippen molar-refractivity contribution in [1.82, 2.24) is 19.7 Å². The van der Waals surface area contributed by atoms with E-state index in [1.54, 1.807) is 21.3 Å². The highest BCUT2D eigenvalue weighted by atomic mass is 32.2. The number of ether oxygens (including phenoxy) is 3. The summed E-state index contributed by atoms with van der Waals surface area (Å²) < 4.78 is 19.3. The Morgan fingerprint density at radius 3 is 2.45 bits per heavy atom. The molecule has 0 spiro atoms. The Hall–Kier alpha value is -3.31. The molecule has 33 heavy (non-hydrogen) atoms. The van der Waals surface area contributed by atoms with E-state index in [0.29, 0.717) is 39.9 Å². The Kier molecular flexibility index (Phi) is 6.99. The van der Waals surface area contributed by atoms with Crippen molar-refractivity contribution in [2.24, 2.45) is 0 Å². The molecule has 0 aliphatic rings. The molecule has 0 aliphatic carbocycles. The Balaban J connectivity index is 1.51. The normalized spacial score (nSPS) is 10.9. The summed E-state index contributed by atoms with van der Waals surface area (Å²) in [5.74, 6) is 2.24. The van der Waals surface area contributed by atoms with E-state index in [-0.39, 0.29) is 11.7 Å². The molecule has 11 heteroatoms. The van der Waals surface area contributed by atoms with Crippen LogP contribution in [-0.2, 0) is 11.3 Å². The van der Waals surface area contributed by atoms with E-state index in [1.165, 1.54) is 23.1 Å². The summed E-state index contributed by atoms with van der Waals surface area (Å²) in [6.07, 6.45) is 0. The van der Waals surface area contributed by atoms with E-state index in [2.05, 4.69) is 20.5 Å². The summed E-state index contributed by atoms with van der Waals surface area (Å²) in [4.78, 5) is 16.9. The number of fused-ring (bicyclic) bond motifs is 1. The third-order valence-corrected chi connectivity index (χ3v) is 6.75. The first-order chi connectivity index (χ1) is 16.1. The smallest absolute Gasteiger partial charge is 0.236 e. The number of aromatic nitrogens is 4. The van der Waals surface area contributed by atoms with Crippen molar-refractivity contribution in [2.45, 2.75) is 18.6 Å². The molecule has 4 aromatic rings. The molecule has 0 saturated carbocycles. The number of rotatable bonds is 9. The van der Waals surface area contributed by atoms with E-state index in [0.717, 1.165) is 15.8 Å². The first-order valence-corrected chi connectivity index (χ1v) is 11.9.